The number of hydrogen-bond acceptors (Lipinski definition) is 4. The second-order valence-corrected chi connectivity index (χ2v) is 7.91. The van der Waals surface area contributed by atoms with E-state index in [0.717, 1.165) is 51.4 Å². The van der Waals surface area contributed by atoms with Gasteiger partial charge in [0, 0.05) is 12.8 Å². The van der Waals surface area contributed by atoms with Crippen LogP contribution in [0.5, 0.6) is 0 Å². The van der Waals surface area contributed by atoms with E-state index in [1.165, 1.54) is 0 Å². The fourth-order valence-electron chi connectivity index (χ4n) is 4.27. The first-order chi connectivity index (χ1) is 13.7. The van der Waals surface area contributed by atoms with E-state index in [4.69, 9.17) is 4.84 Å². The Morgan fingerprint density at radius 1 is 1.04 bits per heavy atom. The van der Waals surface area contributed by atoms with E-state index in [0.29, 0.717) is 43.1 Å². The predicted molar refractivity (Wildman–Crippen MR) is 115 cm³/mol. The molecule has 4 heteroatoms. The second-order valence-electron chi connectivity index (χ2n) is 7.91. The molecule has 28 heavy (non-hydrogen) atoms. The summed E-state index contributed by atoms with van der Waals surface area (Å²) in [6.45, 7) is 4.37. The van der Waals surface area contributed by atoms with E-state index in [1.54, 1.807) is 0 Å². The molecule has 2 unspecified atom stereocenters. The van der Waals surface area contributed by atoms with Gasteiger partial charge < -0.3 is 9.94 Å². The van der Waals surface area contributed by atoms with Gasteiger partial charge in [-0.2, -0.15) is 0 Å². The average Bonchev–Trinajstić information content (AvgIpc) is 2.66. The van der Waals surface area contributed by atoms with Crippen LogP contribution in [-0.2, 0) is 9.63 Å². The number of carbonyl (C=O) groups excluding carboxylic acids is 1. The van der Waals surface area contributed by atoms with Gasteiger partial charge in [-0.3, -0.25) is 4.79 Å². The van der Waals surface area contributed by atoms with E-state index in [2.05, 4.69) is 29.5 Å². The summed E-state index contributed by atoms with van der Waals surface area (Å²) >= 11 is 0. The van der Waals surface area contributed by atoms with Crippen LogP contribution in [0.2, 0.25) is 0 Å². The lowest BCUT2D eigenvalue weighted by atomic mass is 9.74. The molecule has 2 rings (SSSR count). The van der Waals surface area contributed by atoms with Crippen LogP contribution >= 0.6 is 0 Å². The predicted octanol–water partition coefficient (Wildman–Crippen LogP) is 6.44. The number of ketones is 1. The Morgan fingerprint density at radius 3 is 2.43 bits per heavy atom. The first-order valence-electron chi connectivity index (χ1n) is 11.1. The van der Waals surface area contributed by atoms with E-state index in [9.17, 15) is 9.90 Å². The molecule has 0 fully saturated rings. The molecule has 0 spiro atoms. The van der Waals surface area contributed by atoms with Gasteiger partial charge in [0.2, 0.25) is 0 Å². The van der Waals surface area contributed by atoms with Crippen molar-refractivity contribution < 1.29 is 14.7 Å². The third kappa shape index (κ3) is 6.96. The zero-order valence-electron chi connectivity index (χ0n) is 17.7. The fourth-order valence-corrected chi connectivity index (χ4v) is 4.27. The van der Waals surface area contributed by atoms with Crippen molar-refractivity contribution >= 4 is 11.5 Å². The Morgan fingerprint density at radius 2 is 1.75 bits per heavy atom. The number of oxime groups is 1. The van der Waals surface area contributed by atoms with Crippen LogP contribution in [0.3, 0.4) is 0 Å². The number of Topliss-reactive ketones (excluding diaryl/α,β-unsaturated/α-hetero) is 1. The molecule has 2 aliphatic carbocycles. The highest BCUT2D eigenvalue weighted by molar-refractivity contribution is 6.23. The average molecular weight is 388 g/mol. The first kappa shape index (κ1) is 22.4. The highest BCUT2D eigenvalue weighted by Gasteiger charge is 2.34. The molecular weight excluding hydrogens is 350 g/mol. The molecule has 0 aromatic carbocycles. The van der Waals surface area contributed by atoms with Crippen molar-refractivity contribution in [2.75, 3.05) is 6.61 Å². The minimum Gasteiger partial charge on any atom is -0.511 e. The van der Waals surface area contributed by atoms with Crippen molar-refractivity contribution in [2.24, 2.45) is 17.0 Å². The number of carbonyl (C=O) groups is 1. The summed E-state index contributed by atoms with van der Waals surface area (Å²) in [5.41, 5.74) is 1.03. The summed E-state index contributed by atoms with van der Waals surface area (Å²) in [5.74, 6) is 0.951. The van der Waals surface area contributed by atoms with E-state index in [1.807, 2.05) is 13.8 Å². The third-order valence-corrected chi connectivity index (χ3v) is 5.70. The van der Waals surface area contributed by atoms with Crippen LogP contribution in [-0.4, -0.2) is 23.2 Å². The zero-order chi connectivity index (χ0) is 20.2. The maximum Gasteiger partial charge on any atom is 0.168 e. The number of rotatable bonds is 6. The van der Waals surface area contributed by atoms with E-state index in [-0.39, 0.29) is 17.5 Å². The summed E-state index contributed by atoms with van der Waals surface area (Å²) in [5, 5.41) is 14.9. The van der Waals surface area contributed by atoms with Gasteiger partial charge in [-0.15, -0.1) is 0 Å². The molecule has 1 N–H and O–H groups in total. The largest absolute Gasteiger partial charge is 0.511 e. The highest BCUT2D eigenvalue weighted by atomic mass is 16.6. The molecule has 4 nitrogen and oxygen atoms in total. The number of aliphatic hydroxyl groups is 1. The third-order valence-electron chi connectivity index (χ3n) is 5.70. The molecule has 0 aromatic rings. The number of aliphatic hydroxyl groups excluding tert-OH is 1. The van der Waals surface area contributed by atoms with Gasteiger partial charge >= 0.3 is 0 Å². The summed E-state index contributed by atoms with van der Waals surface area (Å²) in [7, 11) is 0. The van der Waals surface area contributed by atoms with Crippen LogP contribution < -0.4 is 0 Å². The molecule has 0 aromatic heterocycles. The van der Waals surface area contributed by atoms with E-state index >= 15 is 0 Å². The van der Waals surface area contributed by atoms with Crippen LogP contribution in [0.25, 0.3) is 0 Å². The van der Waals surface area contributed by atoms with Gasteiger partial charge in [0.1, 0.15) is 12.4 Å². The zero-order valence-corrected chi connectivity index (χ0v) is 17.7. The molecule has 0 bridgehead atoms. The summed E-state index contributed by atoms with van der Waals surface area (Å²) < 4.78 is 0. The summed E-state index contributed by atoms with van der Waals surface area (Å²) in [6, 6.07) is 0. The Labute approximate surface area is 170 Å². The van der Waals surface area contributed by atoms with Gasteiger partial charge in [0.05, 0.1) is 11.3 Å². The quantitative estimate of drug-likeness (QED) is 0.324. The Kier molecular flexibility index (Phi) is 10.1. The summed E-state index contributed by atoms with van der Waals surface area (Å²) in [6.07, 6.45) is 19.5. The number of nitrogens with zero attached hydrogens (tertiary/aromatic N) is 1. The SMILES string of the molecule is CCC/C(=N/OCC)C1=C(O)CC(C2CC/C=C/CC/C=C/CCC2)CC1=O. The molecule has 0 saturated carbocycles. The molecule has 156 valence electrons. The maximum atomic E-state index is 12.9. The van der Waals surface area contributed by atoms with Crippen molar-refractivity contribution in [2.45, 2.75) is 84.5 Å². The van der Waals surface area contributed by atoms with Crippen LogP contribution in [0.1, 0.15) is 84.5 Å². The standard InChI is InChI=1S/C24H37NO3/c1-3-14-21(25-28-4-2)24-22(26)17-20(18-23(24)27)19-15-12-10-8-6-5-7-9-11-13-16-19/h6,8-9,11,19-20,26H,3-5,7,10,12-18H2,1-2H3/b8-6+,11-9+,25-21-. The minimum atomic E-state index is 0.0298. The molecule has 0 heterocycles. The normalized spacial score (nSPS) is 27.6. The molecule has 0 amide bonds. The topological polar surface area (TPSA) is 58.9 Å². The van der Waals surface area contributed by atoms with Crippen LogP contribution in [0.15, 0.2) is 40.8 Å². The molecule has 0 radical (unpaired) electrons. The molecule has 0 aliphatic heterocycles. The van der Waals surface area contributed by atoms with Crippen molar-refractivity contribution in [1.29, 1.82) is 0 Å². The lowest BCUT2D eigenvalue weighted by Gasteiger charge is -2.31. The molecule has 2 aliphatic rings. The van der Waals surface area contributed by atoms with Gasteiger partial charge in [-0.1, -0.05) is 42.8 Å². The fraction of sp³-hybridized carbons (Fsp3) is 0.667. The number of allylic oxidation sites excluding steroid dienone is 6. The van der Waals surface area contributed by atoms with Crippen molar-refractivity contribution in [3.63, 3.8) is 0 Å². The maximum absolute atomic E-state index is 12.9. The molecular formula is C24H37NO3. The van der Waals surface area contributed by atoms with Gasteiger partial charge in [-0.05, 0) is 70.1 Å². The Balaban J connectivity index is 2.12. The lowest BCUT2D eigenvalue weighted by molar-refractivity contribution is -0.117. The second kappa shape index (κ2) is 12.6. The number of hydrogen-bond donors (Lipinski definition) is 1. The van der Waals surface area contributed by atoms with Gasteiger partial charge in [0.25, 0.3) is 0 Å². The van der Waals surface area contributed by atoms with Gasteiger partial charge in [0.15, 0.2) is 5.78 Å². The summed E-state index contributed by atoms with van der Waals surface area (Å²) in [4.78, 5) is 18.1. The van der Waals surface area contributed by atoms with Crippen LogP contribution in [0, 0.1) is 11.8 Å². The Bertz CT molecular complexity index is 615. The molecule has 2 atom stereocenters. The minimum absolute atomic E-state index is 0.0298. The van der Waals surface area contributed by atoms with Gasteiger partial charge in [-0.25, -0.2) is 0 Å². The first-order valence-corrected chi connectivity index (χ1v) is 11.1. The monoisotopic (exact) mass is 387 g/mol. The highest BCUT2D eigenvalue weighted by Crippen LogP contribution is 2.37. The van der Waals surface area contributed by atoms with Crippen molar-refractivity contribution in [3.05, 3.63) is 35.6 Å². The molecule has 0 saturated heterocycles. The lowest BCUT2D eigenvalue weighted by Crippen LogP contribution is -2.29. The smallest absolute Gasteiger partial charge is 0.168 e. The van der Waals surface area contributed by atoms with E-state index < -0.39 is 0 Å². The van der Waals surface area contributed by atoms with Crippen molar-refractivity contribution in [3.8, 4) is 0 Å². The Hall–Kier alpha value is -1.84. The van der Waals surface area contributed by atoms with Crippen molar-refractivity contribution in [1.82, 2.24) is 0 Å². The van der Waals surface area contributed by atoms with Crippen LogP contribution in [0.4, 0.5) is 0 Å².